The van der Waals surface area contributed by atoms with Gasteiger partial charge in [-0.25, -0.2) is 0 Å². The fourth-order valence-corrected chi connectivity index (χ4v) is 8.28. The number of carbonyl (C=O) groups excluding carboxylic acids is 3. The van der Waals surface area contributed by atoms with E-state index in [1.807, 2.05) is 27.7 Å². The van der Waals surface area contributed by atoms with Gasteiger partial charge >= 0.3 is 0 Å². The monoisotopic (exact) mass is 612 g/mol. The van der Waals surface area contributed by atoms with Crippen LogP contribution in [0.3, 0.4) is 0 Å². The Labute approximate surface area is 263 Å². The summed E-state index contributed by atoms with van der Waals surface area (Å²) in [7, 11) is 1.55. The largest absolute Gasteiger partial charge is 0.511 e. The van der Waals surface area contributed by atoms with Crippen LogP contribution in [0.4, 0.5) is 0 Å². The lowest BCUT2D eigenvalue weighted by molar-refractivity contribution is -0.171. The third-order valence-electron chi connectivity index (χ3n) is 10.1. The maximum Gasteiger partial charge on any atom is 0.209 e. The standard InChI is InChI=1S/C37H40O8/c1-18(2)24-15-22(13-12-21-10-9-11-23(14-21)45-8)30(39)27-25(24)16-35(6)17-36(7)28(19(3)4)31(40)26(20(5)38)33(42)37(36,44)34(43)29(35)32(27)41/h9-11,14-15,18-19,28,39-40,43-44H,16-17H2,1-8H3/t28?,35-,36-,37+/m1/s1. The molecule has 0 saturated heterocycles. The molecule has 0 spiro atoms. The van der Waals surface area contributed by atoms with Gasteiger partial charge in [-0.2, -0.15) is 0 Å². The van der Waals surface area contributed by atoms with Crippen LogP contribution in [0.15, 0.2) is 53.0 Å². The number of aliphatic hydroxyl groups is 3. The highest BCUT2D eigenvalue weighted by atomic mass is 16.5. The number of Topliss-reactive ketones (excluding diaryl/α,β-unsaturated/α-hetero) is 3. The van der Waals surface area contributed by atoms with Crippen LogP contribution in [-0.2, 0) is 16.0 Å². The molecule has 0 fully saturated rings. The number of hydrogen-bond acceptors (Lipinski definition) is 8. The average molecular weight is 613 g/mol. The summed E-state index contributed by atoms with van der Waals surface area (Å²) in [4.78, 5) is 41.0. The van der Waals surface area contributed by atoms with E-state index in [1.165, 1.54) is 0 Å². The maximum atomic E-state index is 14.5. The fourth-order valence-electron chi connectivity index (χ4n) is 8.28. The average Bonchev–Trinajstić information content (AvgIpc) is 2.94. The van der Waals surface area contributed by atoms with Gasteiger partial charge in [0.05, 0.1) is 18.2 Å². The summed E-state index contributed by atoms with van der Waals surface area (Å²) < 4.78 is 5.27. The Morgan fingerprint density at radius 3 is 2.29 bits per heavy atom. The summed E-state index contributed by atoms with van der Waals surface area (Å²) >= 11 is 0. The summed E-state index contributed by atoms with van der Waals surface area (Å²) in [5, 5.41) is 47.0. The van der Waals surface area contributed by atoms with E-state index in [4.69, 9.17) is 4.74 Å². The summed E-state index contributed by atoms with van der Waals surface area (Å²) in [6.45, 7) is 12.1. The molecule has 8 heteroatoms. The summed E-state index contributed by atoms with van der Waals surface area (Å²) in [5.74, 6) is 1.15. The van der Waals surface area contributed by atoms with Crippen LogP contribution in [0.25, 0.3) is 0 Å². The lowest BCUT2D eigenvalue weighted by Gasteiger charge is -2.59. The predicted octanol–water partition coefficient (Wildman–Crippen LogP) is 5.88. The van der Waals surface area contributed by atoms with Gasteiger partial charge in [0.2, 0.25) is 5.78 Å². The number of hydrogen-bond donors (Lipinski definition) is 4. The summed E-state index contributed by atoms with van der Waals surface area (Å²) in [6.07, 6.45) is 0.257. The van der Waals surface area contributed by atoms with E-state index in [2.05, 4.69) is 11.8 Å². The molecule has 1 unspecified atom stereocenters. The first-order valence-corrected chi connectivity index (χ1v) is 15.2. The van der Waals surface area contributed by atoms with E-state index in [-0.39, 0.29) is 47.1 Å². The third-order valence-corrected chi connectivity index (χ3v) is 10.1. The maximum absolute atomic E-state index is 14.5. The van der Waals surface area contributed by atoms with E-state index >= 15 is 0 Å². The molecule has 2 aromatic rings. The zero-order valence-corrected chi connectivity index (χ0v) is 27.0. The molecule has 4 atom stereocenters. The number of rotatable bonds is 4. The van der Waals surface area contributed by atoms with Crippen molar-refractivity contribution < 1.29 is 39.5 Å². The highest BCUT2D eigenvalue weighted by Crippen LogP contribution is 2.65. The molecule has 3 aliphatic rings. The number of aromatic hydroxyl groups is 1. The minimum absolute atomic E-state index is 0.0313. The second-order valence-electron chi connectivity index (χ2n) is 13.8. The molecule has 236 valence electrons. The third kappa shape index (κ3) is 4.43. The Morgan fingerprint density at radius 2 is 1.71 bits per heavy atom. The first-order chi connectivity index (χ1) is 20.9. The van der Waals surface area contributed by atoms with Gasteiger partial charge in [-0.05, 0) is 67.0 Å². The number of carbonyl (C=O) groups is 3. The number of methoxy groups -OCH3 is 1. The quantitative estimate of drug-likeness (QED) is 0.248. The first-order valence-electron chi connectivity index (χ1n) is 15.2. The van der Waals surface area contributed by atoms with E-state index in [0.717, 1.165) is 12.5 Å². The molecule has 8 nitrogen and oxygen atoms in total. The van der Waals surface area contributed by atoms with Crippen LogP contribution in [-0.4, -0.2) is 50.5 Å². The van der Waals surface area contributed by atoms with Gasteiger partial charge in [-0.3, -0.25) is 14.4 Å². The van der Waals surface area contributed by atoms with Crippen LogP contribution < -0.4 is 4.74 Å². The van der Waals surface area contributed by atoms with E-state index in [9.17, 15) is 34.8 Å². The van der Waals surface area contributed by atoms with Crippen LogP contribution in [0, 0.1) is 34.5 Å². The molecular weight excluding hydrogens is 572 g/mol. The van der Waals surface area contributed by atoms with Gasteiger partial charge in [-0.15, -0.1) is 0 Å². The van der Waals surface area contributed by atoms with Crippen LogP contribution in [0.2, 0.25) is 0 Å². The molecule has 0 aliphatic heterocycles. The number of phenolic OH excluding ortho intramolecular Hbond substituents is 1. The Hall–Kier alpha value is -4.35. The van der Waals surface area contributed by atoms with Crippen molar-refractivity contribution in [2.75, 3.05) is 7.11 Å². The second-order valence-corrected chi connectivity index (χ2v) is 13.8. The number of ketones is 3. The van der Waals surface area contributed by atoms with Gasteiger partial charge in [0.15, 0.2) is 17.2 Å². The molecule has 5 rings (SSSR count). The highest BCUT2D eigenvalue weighted by Gasteiger charge is 2.71. The molecule has 0 heterocycles. The van der Waals surface area contributed by atoms with Crippen molar-refractivity contribution >= 4 is 17.3 Å². The van der Waals surface area contributed by atoms with Gasteiger partial charge in [0, 0.05) is 27.9 Å². The van der Waals surface area contributed by atoms with Crippen molar-refractivity contribution in [1.82, 2.24) is 0 Å². The van der Waals surface area contributed by atoms with Gasteiger partial charge in [0.1, 0.15) is 28.6 Å². The van der Waals surface area contributed by atoms with E-state index in [1.54, 1.807) is 51.3 Å². The number of aliphatic hydroxyl groups excluding tert-OH is 2. The van der Waals surface area contributed by atoms with Crippen molar-refractivity contribution in [1.29, 1.82) is 0 Å². The van der Waals surface area contributed by atoms with E-state index < -0.39 is 56.8 Å². The van der Waals surface area contributed by atoms with Crippen molar-refractivity contribution in [3.8, 4) is 23.3 Å². The Morgan fingerprint density at radius 1 is 1.04 bits per heavy atom. The normalized spacial score (nSPS) is 27.6. The number of benzene rings is 2. The van der Waals surface area contributed by atoms with Crippen LogP contribution in [0.5, 0.6) is 11.5 Å². The van der Waals surface area contributed by atoms with Gasteiger partial charge in [0.25, 0.3) is 0 Å². The van der Waals surface area contributed by atoms with Gasteiger partial charge < -0.3 is 25.2 Å². The summed E-state index contributed by atoms with van der Waals surface area (Å²) in [5.41, 5.74) is -3.72. The van der Waals surface area contributed by atoms with Crippen molar-refractivity contribution in [3.63, 3.8) is 0 Å². The molecule has 0 bridgehead atoms. The molecule has 0 amide bonds. The first kappa shape index (κ1) is 32.1. The zero-order chi connectivity index (χ0) is 33.4. The Bertz CT molecular complexity index is 1800. The second kappa shape index (κ2) is 10.6. The Balaban J connectivity index is 1.77. The molecule has 4 N–H and O–H groups in total. The minimum Gasteiger partial charge on any atom is -0.511 e. The molecule has 2 aromatic carbocycles. The number of allylic oxidation sites excluding steroid dienone is 2. The summed E-state index contributed by atoms with van der Waals surface area (Å²) in [6, 6.07) is 8.90. The van der Waals surface area contributed by atoms with Crippen LogP contribution in [0.1, 0.15) is 93.4 Å². The molecule has 0 radical (unpaired) electrons. The van der Waals surface area contributed by atoms with Crippen molar-refractivity contribution in [2.45, 2.75) is 72.8 Å². The minimum atomic E-state index is -2.66. The SMILES string of the molecule is COc1cccc(C#Cc2cc(C(C)C)c3c(c2O)C(=O)C2=C(O)[C@@]4(O)C(=O)C(C(C)=O)=C(O)C(C(C)C)[C@@]4(C)C[C@@]2(C)C3)c1. The number of fused-ring (bicyclic) bond motifs is 3. The van der Waals surface area contributed by atoms with Crippen molar-refractivity contribution in [2.24, 2.45) is 22.7 Å². The smallest absolute Gasteiger partial charge is 0.209 e. The topological polar surface area (TPSA) is 141 Å². The molecule has 0 saturated carbocycles. The fraction of sp³-hybridized carbons (Fsp3) is 0.432. The lowest BCUT2D eigenvalue weighted by Crippen LogP contribution is -2.67. The predicted molar refractivity (Wildman–Crippen MR) is 168 cm³/mol. The van der Waals surface area contributed by atoms with Crippen LogP contribution >= 0.6 is 0 Å². The molecule has 3 aliphatic carbocycles. The molecule has 45 heavy (non-hydrogen) atoms. The molecular formula is C37H40O8. The zero-order valence-electron chi connectivity index (χ0n) is 27.0. The van der Waals surface area contributed by atoms with Gasteiger partial charge in [-0.1, -0.05) is 59.4 Å². The number of ether oxygens (including phenoxy) is 1. The van der Waals surface area contributed by atoms with E-state index in [0.29, 0.717) is 16.9 Å². The lowest BCUT2D eigenvalue weighted by atomic mass is 9.44. The highest BCUT2D eigenvalue weighted by molar-refractivity contribution is 6.25. The molecule has 0 aromatic heterocycles. The Kier molecular flexibility index (Phi) is 7.57. The number of phenols is 1. The van der Waals surface area contributed by atoms with Crippen molar-refractivity contribution in [3.05, 3.63) is 80.8 Å².